The molecule has 0 saturated carbocycles. The van der Waals surface area contributed by atoms with Crippen LogP contribution in [0.3, 0.4) is 0 Å². The number of hydrogen-bond donors (Lipinski definition) is 0. The highest BCUT2D eigenvalue weighted by atomic mass is 16.6. The zero-order valence-corrected chi connectivity index (χ0v) is 28.4. The van der Waals surface area contributed by atoms with Crippen LogP contribution in [0.2, 0.25) is 0 Å². The molecule has 0 N–H and O–H groups in total. The van der Waals surface area contributed by atoms with Crippen molar-refractivity contribution < 1.29 is 33.3 Å². The number of nitrogens with zero attached hydrogens (tertiary/aromatic N) is 3. The summed E-state index contributed by atoms with van der Waals surface area (Å²) in [6.07, 6.45) is 14.8. The maximum atomic E-state index is 13.0. The second kappa shape index (κ2) is 22.0. The molecule has 0 fully saturated rings. The summed E-state index contributed by atoms with van der Waals surface area (Å²) in [4.78, 5) is 37.9. The summed E-state index contributed by atoms with van der Waals surface area (Å²) in [6.45, 7) is 14.3. The molecule has 0 aliphatic rings. The van der Waals surface area contributed by atoms with E-state index in [1.165, 1.54) is 6.08 Å². The van der Waals surface area contributed by atoms with Crippen molar-refractivity contribution in [3.8, 4) is 0 Å². The van der Waals surface area contributed by atoms with Crippen LogP contribution in [-0.4, -0.2) is 70.3 Å². The molecule has 2 atom stereocenters. The Hall–Kier alpha value is -2.59. The summed E-state index contributed by atoms with van der Waals surface area (Å²) in [5, 5.41) is 8.37. The average molecular weight is 622 g/mol. The first-order valence-electron chi connectivity index (χ1n) is 16.6. The van der Waals surface area contributed by atoms with Crippen LogP contribution in [0.1, 0.15) is 130 Å². The Morgan fingerprint density at radius 1 is 0.932 bits per heavy atom. The molecular formula is C34H59N3O7. The lowest BCUT2D eigenvalue weighted by molar-refractivity contribution is -0.160. The van der Waals surface area contributed by atoms with Gasteiger partial charge in [0, 0.05) is 39.0 Å². The highest BCUT2D eigenvalue weighted by Gasteiger charge is 2.31. The molecule has 10 nitrogen and oxygen atoms in total. The molecule has 10 heteroatoms. The predicted molar refractivity (Wildman–Crippen MR) is 171 cm³/mol. The molecule has 2 unspecified atom stereocenters. The summed E-state index contributed by atoms with van der Waals surface area (Å²) in [5.74, 6) is -0.714. The van der Waals surface area contributed by atoms with Gasteiger partial charge in [-0.3, -0.25) is 14.4 Å². The summed E-state index contributed by atoms with van der Waals surface area (Å²) in [7, 11) is 1.65. The Morgan fingerprint density at radius 3 is 2.14 bits per heavy atom. The first kappa shape index (κ1) is 39.4. The van der Waals surface area contributed by atoms with Crippen molar-refractivity contribution in [3.05, 3.63) is 24.5 Å². The number of unbranched alkanes of at least 4 members (excludes halogenated alkanes) is 8. The molecule has 0 bridgehead atoms. The Bertz CT molecular complexity index is 978. The van der Waals surface area contributed by atoms with Gasteiger partial charge < -0.3 is 18.9 Å². The quantitative estimate of drug-likeness (QED) is 0.0598. The minimum absolute atomic E-state index is 0.0437. The number of Topliss-reactive ketones (excluding diaryl/α,β-unsaturated/α-hetero) is 1. The SMILES string of the molecule is C=CC(C)(OCCC(C)(C)OC)C(=O)CCc1cn(CC(COC(=O)CCCCCCC)OC(=O)CCCCCCC)nn1. The van der Waals surface area contributed by atoms with E-state index in [0.29, 0.717) is 38.0 Å². The largest absolute Gasteiger partial charge is 0.462 e. The maximum absolute atomic E-state index is 13.0. The van der Waals surface area contributed by atoms with Gasteiger partial charge in [0.1, 0.15) is 12.2 Å². The smallest absolute Gasteiger partial charge is 0.306 e. The van der Waals surface area contributed by atoms with Crippen molar-refractivity contribution >= 4 is 17.7 Å². The Morgan fingerprint density at radius 2 is 1.55 bits per heavy atom. The van der Waals surface area contributed by atoms with Crippen LogP contribution in [0.15, 0.2) is 18.9 Å². The molecule has 1 rings (SSSR count). The first-order valence-corrected chi connectivity index (χ1v) is 16.6. The lowest BCUT2D eigenvalue weighted by Gasteiger charge is -2.28. The fourth-order valence-corrected chi connectivity index (χ4v) is 4.48. The molecule has 0 spiro atoms. The lowest BCUT2D eigenvalue weighted by atomic mass is 9.96. The van der Waals surface area contributed by atoms with E-state index in [0.717, 1.165) is 64.2 Å². The third-order valence-electron chi connectivity index (χ3n) is 7.88. The second-order valence-corrected chi connectivity index (χ2v) is 12.4. The van der Waals surface area contributed by atoms with Crippen LogP contribution in [0.4, 0.5) is 0 Å². The molecule has 0 radical (unpaired) electrons. The number of aryl methyl sites for hydroxylation is 1. The summed E-state index contributed by atoms with van der Waals surface area (Å²) in [5.41, 5.74) is -0.845. The molecule has 44 heavy (non-hydrogen) atoms. The van der Waals surface area contributed by atoms with Crippen LogP contribution >= 0.6 is 0 Å². The van der Waals surface area contributed by atoms with E-state index in [9.17, 15) is 14.4 Å². The number of rotatable bonds is 27. The van der Waals surface area contributed by atoms with Crippen molar-refractivity contribution in [2.45, 2.75) is 155 Å². The Balaban J connectivity index is 2.71. The second-order valence-electron chi connectivity index (χ2n) is 12.4. The zero-order valence-electron chi connectivity index (χ0n) is 28.4. The van der Waals surface area contributed by atoms with Gasteiger partial charge in [-0.1, -0.05) is 83.1 Å². The average Bonchev–Trinajstić information content (AvgIpc) is 3.45. The Labute approximate surface area is 265 Å². The molecule has 252 valence electrons. The van der Waals surface area contributed by atoms with Gasteiger partial charge in [-0.05, 0) is 40.0 Å². The van der Waals surface area contributed by atoms with E-state index < -0.39 is 11.7 Å². The fourth-order valence-electron chi connectivity index (χ4n) is 4.48. The third-order valence-corrected chi connectivity index (χ3v) is 7.88. The highest BCUT2D eigenvalue weighted by molar-refractivity contribution is 5.89. The van der Waals surface area contributed by atoms with E-state index in [1.807, 2.05) is 13.8 Å². The van der Waals surface area contributed by atoms with Gasteiger partial charge in [0.05, 0.1) is 24.4 Å². The number of hydrogen-bond acceptors (Lipinski definition) is 9. The monoisotopic (exact) mass is 621 g/mol. The Kier molecular flexibility index (Phi) is 19.7. The van der Waals surface area contributed by atoms with E-state index >= 15 is 0 Å². The van der Waals surface area contributed by atoms with Gasteiger partial charge in [-0.25, -0.2) is 4.68 Å². The molecular weight excluding hydrogens is 562 g/mol. The molecule has 1 aromatic heterocycles. The van der Waals surface area contributed by atoms with E-state index in [2.05, 4.69) is 30.7 Å². The van der Waals surface area contributed by atoms with Crippen LogP contribution in [0.25, 0.3) is 0 Å². The maximum Gasteiger partial charge on any atom is 0.306 e. The predicted octanol–water partition coefficient (Wildman–Crippen LogP) is 6.73. The van der Waals surface area contributed by atoms with Gasteiger partial charge in [-0.15, -0.1) is 5.10 Å². The lowest BCUT2D eigenvalue weighted by Crippen LogP contribution is -2.38. The number of methoxy groups -OCH3 is 1. The topological polar surface area (TPSA) is 119 Å². The van der Waals surface area contributed by atoms with Crippen molar-refractivity contribution in [1.82, 2.24) is 15.0 Å². The van der Waals surface area contributed by atoms with Crippen molar-refractivity contribution in [1.29, 1.82) is 0 Å². The van der Waals surface area contributed by atoms with Gasteiger partial charge in [-0.2, -0.15) is 0 Å². The molecule has 0 aliphatic carbocycles. The van der Waals surface area contributed by atoms with Gasteiger partial charge in [0.25, 0.3) is 0 Å². The van der Waals surface area contributed by atoms with Crippen LogP contribution in [0, 0.1) is 0 Å². The van der Waals surface area contributed by atoms with Gasteiger partial charge >= 0.3 is 11.9 Å². The number of ether oxygens (including phenoxy) is 4. The van der Waals surface area contributed by atoms with Crippen LogP contribution < -0.4 is 0 Å². The normalized spacial score (nSPS) is 13.7. The summed E-state index contributed by atoms with van der Waals surface area (Å²) < 4.78 is 24.1. The number of carbonyl (C=O) groups is 3. The number of esters is 2. The summed E-state index contributed by atoms with van der Waals surface area (Å²) in [6, 6.07) is 0. The van der Waals surface area contributed by atoms with E-state index in [4.69, 9.17) is 18.9 Å². The zero-order chi connectivity index (χ0) is 32.8. The van der Waals surface area contributed by atoms with Gasteiger partial charge in [0.2, 0.25) is 0 Å². The van der Waals surface area contributed by atoms with Gasteiger partial charge in [0.15, 0.2) is 11.9 Å². The molecule has 0 aliphatic heterocycles. The number of aromatic nitrogens is 3. The van der Waals surface area contributed by atoms with Crippen LogP contribution in [0.5, 0.6) is 0 Å². The van der Waals surface area contributed by atoms with E-state index in [-0.39, 0.29) is 42.9 Å². The molecule has 1 heterocycles. The minimum Gasteiger partial charge on any atom is -0.462 e. The number of ketones is 1. The molecule has 0 aromatic carbocycles. The van der Waals surface area contributed by atoms with E-state index in [1.54, 1.807) is 24.9 Å². The van der Waals surface area contributed by atoms with Crippen molar-refractivity contribution in [2.75, 3.05) is 20.3 Å². The number of carbonyl (C=O) groups excluding carboxylic acids is 3. The minimum atomic E-state index is -1.12. The van der Waals surface area contributed by atoms with Crippen LogP contribution in [-0.2, 0) is 46.3 Å². The molecule has 0 amide bonds. The first-order chi connectivity index (χ1) is 21.0. The third kappa shape index (κ3) is 17.0. The fraction of sp³-hybridized carbons (Fsp3) is 0.794. The highest BCUT2D eigenvalue weighted by Crippen LogP contribution is 2.20. The van der Waals surface area contributed by atoms with Crippen molar-refractivity contribution in [3.63, 3.8) is 0 Å². The molecule has 0 saturated heterocycles. The summed E-state index contributed by atoms with van der Waals surface area (Å²) >= 11 is 0. The molecule has 1 aromatic rings. The standard InChI is InChI=1S/C34H59N3O7/c1-8-11-13-15-17-19-31(39)42-27-29(44-32(40)20-18-16-14-12-9-2)26-37-25-28(35-36-37)21-22-30(38)34(6,10-3)43-24-23-33(4,5)41-7/h10,25,29H,3,8-9,11-24,26-27H2,1-2,4-7H3. The van der Waals surface area contributed by atoms with Crippen molar-refractivity contribution in [2.24, 2.45) is 0 Å².